The molecule has 0 heterocycles. The molecule has 4 heteroatoms. The minimum absolute atomic E-state index is 0.399. The van der Waals surface area contributed by atoms with Crippen molar-refractivity contribution in [2.75, 3.05) is 13.1 Å². The van der Waals surface area contributed by atoms with Crippen molar-refractivity contribution in [3.63, 3.8) is 0 Å². The van der Waals surface area contributed by atoms with E-state index in [4.69, 9.17) is 5.73 Å². The van der Waals surface area contributed by atoms with Crippen molar-refractivity contribution in [3.8, 4) is 0 Å². The second-order valence-electron chi connectivity index (χ2n) is 7.37. The first kappa shape index (κ1) is 24.4. The van der Waals surface area contributed by atoms with Crippen LogP contribution < -0.4 is 11.1 Å². The van der Waals surface area contributed by atoms with Crippen LogP contribution in [0, 0.1) is 0 Å². The van der Waals surface area contributed by atoms with E-state index in [2.05, 4.69) is 12.2 Å². The van der Waals surface area contributed by atoms with Gasteiger partial charge < -0.3 is 16.2 Å². The Morgan fingerprint density at radius 2 is 1.28 bits per heavy atom. The molecule has 0 rings (SSSR count). The maximum Gasteiger partial charge on any atom is 0.320 e. The van der Waals surface area contributed by atoms with Crippen molar-refractivity contribution < 1.29 is 9.90 Å². The fourth-order valence-corrected chi connectivity index (χ4v) is 3.22. The minimum Gasteiger partial charge on any atom is -0.480 e. The summed E-state index contributed by atoms with van der Waals surface area (Å²) in [5.41, 5.74) is 5.45. The van der Waals surface area contributed by atoms with E-state index in [-0.39, 0.29) is 0 Å². The predicted octanol–water partition coefficient (Wildman–Crippen LogP) is 5.25. The third-order valence-electron chi connectivity index (χ3n) is 4.92. The van der Waals surface area contributed by atoms with Crippen LogP contribution >= 0.6 is 0 Å². The van der Waals surface area contributed by atoms with Gasteiger partial charge in [-0.3, -0.25) is 4.79 Å². The Morgan fingerprint density at radius 1 is 0.800 bits per heavy atom. The molecule has 0 spiro atoms. The molecule has 4 nitrogen and oxygen atoms in total. The number of hydrogen-bond donors (Lipinski definition) is 3. The zero-order valence-corrected chi connectivity index (χ0v) is 16.7. The molecular weight excluding hydrogens is 312 g/mol. The van der Waals surface area contributed by atoms with Gasteiger partial charge in [-0.2, -0.15) is 0 Å². The molecule has 0 amide bonds. The van der Waals surface area contributed by atoms with Gasteiger partial charge in [0.05, 0.1) is 0 Å². The number of nitrogens with two attached hydrogens (primary N) is 1. The number of carbonyl (C=O) groups is 1. The molecule has 4 N–H and O–H groups in total. The lowest BCUT2D eigenvalue weighted by atomic mass is 10.0. The van der Waals surface area contributed by atoms with Gasteiger partial charge in [-0.25, -0.2) is 0 Å². The van der Waals surface area contributed by atoms with E-state index in [1.165, 1.54) is 77.0 Å². The number of nitrogens with one attached hydrogen (secondary N) is 1. The highest BCUT2D eigenvalue weighted by molar-refractivity contribution is 5.73. The topological polar surface area (TPSA) is 75.3 Å². The summed E-state index contributed by atoms with van der Waals surface area (Å²) in [5, 5.41) is 12.4. The van der Waals surface area contributed by atoms with Crippen LogP contribution in [0.5, 0.6) is 0 Å². The second kappa shape index (κ2) is 19.7. The third-order valence-corrected chi connectivity index (χ3v) is 4.92. The summed E-state index contributed by atoms with van der Waals surface area (Å²) < 4.78 is 0. The SMILES string of the molecule is CCCCCCCCCCCCCCCN[C@@H](CCCCN)C(=O)O. The van der Waals surface area contributed by atoms with Gasteiger partial charge >= 0.3 is 5.97 Å². The van der Waals surface area contributed by atoms with Crippen LogP contribution in [0.3, 0.4) is 0 Å². The summed E-state index contributed by atoms with van der Waals surface area (Å²) in [5.74, 6) is -0.730. The van der Waals surface area contributed by atoms with E-state index >= 15 is 0 Å². The minimum atomic E-state index is -0.730. The first-order valence-electron chi connectivity index (χ1n) is 10.9. The van der Waals surface area contributed by atoms with Gasteiger partial charge in [0, 0.05) is 0 Å². The molecule has 0 bridgehead atoms. The van der Waals surface area contributed by atoms with Gasteiger partial charge in [-0.1, -0.05) is 90.4 Å². The Hall–Kier alpha value is -0.610. The van der Waals surface area contributed by atoms with Crippen molar-refractivity contribution >= 4 is 5.97 Å². The quantitative estimate of drug-likeness (QED) is 0.260. The molecule has 0 aromatic rings. The molecule has 0 fully saturated rings. The van der Waals surface area contributed by atoms with E-state index in [9.17, 15) is 9.90 Å². The van der Waals surface area contributed by atoms with E-state index in [0.29, 0.717) is 13.0 Å². The third kappa shape index (κ3) is 18.0. The number of aliphatic carboxylic acids is 1. The van der Waals surface area contributed by atoms with Gasteiger partial charge in [-0.15, -0.1) is 0 Å². The van der Waals surface area contributed by atoms with E-state index < -0.39 is 12.0 Å². The molecule has 0 radical (unpaired) electrons. The first-order valence-corrected chi connectivity index (χ1v) is 10.9. The van der Waals surface area contributed by atoms with Gasteiger partial charge in [0.15, 0.2) is 0 Å². The Balaban J connectivity index is 3.30. The lowest BCUT2D eigenvalue weighted by Crippen LogP contribution is -2.37. The molecule has 0 aliphatic heterocycles. The molecule has 0 aromatic carbocycles. The Morgan fingerprint density at radius 3 is 1.72 bits per heavy atom. The van der Waals surface area contributed by atoms with Gasteiger partial charge in [0.2, 0.25) is 0 Å². The summed E-state index contributed by atoms with van der Waals surface area (Å²) in [4.78, 5) is 11.2. The predicted molar refractivity (Wildman–Crippen MR) is 108 cm³/mol. The normalized spacial score (nSPS) is 12.4. The molecule has 0 saturated heterocycles. The highest BCUT2D eigenvalue weighted by Crippen LogP contribution is 2.12. The molecule has 150 valence electrons. The lowest BCUT2D eigenvalue weighted by Gasteiger charge is -2.14. The van der Waals surface area contributed by atoms with Crippen molar-refractivity contribution in [3.05, 3.63) is 0 Å². The Labute approximate surface area is 156 Å². The zero-order valence-electron chi connectivity index (χ0n) is 16.7. The van der Waals surface area contributed by atoms with Gasteiger partial charge in [0.25, 0.3) is 0 Å². The first-order chi connectivity index (χ1) is 12.2. The molecule has 0 unspecified atom stereocenters. The van der Waals surface area contributed by atoms with Crippen molar-refractivity contribution in [1.82, 2.24) is 5.32 Å². The maximum atomic E-state index is 11.2. The molecule has 0 aliphatic carbocycles. The van der Waals surface area contributed by atoms with Crippen molar-refractivity contribution in [2.24, 2.45) is 5.73 Å². The zero-order chi connectivity index (χ0) is 18.6. The summed E-state index contributed by atoms with van der Waals surface area (Å²) in [7, 11) is 0. The molecule has 0 saturated carbocycles. The fourth-order valence-electron chi connectivity index (χ4n) is 3.22. The van der Waals surface area contributed by atoms with Crippen LogP contribution in [-0.2, 0) is 4.79 Å². The van der Waals surface area contributed by atoms with Crippen LogP contribution in [0.2, 0.25) is 0 Å². The highest BCUT2D eigenvalue weighted by atomic mass is 16.4. The average Bonchev–Trinajstić information content (AvgIpc) is 2.60. The summed E-state index contributed by atoms with van der Waals surface area (Å²) in [6.07, 6.45) is 19.9. The summed E-state index contributed by atoms with van der Waals surface area (Å²) in [6, 6.07) is -0.399. The summed E-state index contributed by atoms with van der Waals surface area (Å²) >= 11 is 0. The molecule has 25 heavy (non-hydrogen) atoms. The van der Waals surface area contributed by atoms with Crippen molar-refractivity contribution in [2.45, 2.75) is 116 Å². The van der Waals surface area contributed by atoms with Crippen LogP contribution in [0.4, 0.5) is 0 Å². The van der Waals surface area contributed by atoms with Crippen LogP contribution in [0.1, 0.15) is 110 Å². The number of carboxylic acid groups (broad SMARTS) is 1. The monoisotopic (exact) mass is 356 g/mol. The molecule has 1 atom stereocenters. The van der Waals surface area contributed by atoms with Crippen molar-refractivity contribution in [1.29, 1.82) is 0 Å². The van der Waals surface area contributed by atoms with Gasteiger partial charge in [0.1, 0.15) is 6.04 Å². The maximum absolute atomic E-state index is 11.2. The standard InChI is InChI=1S/C21H44N2O2/c1-2-3-4-5-6-7-8-9-10-11-12-13-16-19-23-20(21(24)25)17-14-15-18-22/h20,23H,2-19,22H2,1H3,(H,24,25)/t20-/m0/s1. The van der Waals surface area contributed by atoms with E-state index in [1.54, 1.807) is 0 Å². The van der Waals surface area contributed by atoms with E-state index in [1.807, 2.05) is 0 Å². The molecule has 0 aromatic heterocycles. The van der Waals surface area contributed by atoms with Crippen LogP contribution in [-0.4, -0.2) is 30.2 Å². The Kier molecular flexibility index (Phi) is 19.2. The Bertz CT molecular complexity index is 285. The largest absolute Gasteiger partial charge is 0.480 e. The summed E-state index contributed by atoms with van der Waals surface area (Å²) in [6.45, 7) is 3.73. The van der Waals surface area contributed by atoms with Gasteiger partial charge in [-0.05, 0) is 32.4 Å². The number of hydrogen-bond acceptors (Lipinski definition) is 3. The average molecular weight is 357 g/mol. The second-order valence-corrected chi connectivity index (χ2v) is 7.37. The smallest absolute Gasteiger partial charge is 0.320 e. The van der Waals surface area contributed by atoms with Crippen LogP contribution in [0.25, 0.3) is 0 Å². The molecule has 0 aliphatic rings. The number of rotatable bonds is 20. The van der Waals surface area contributed by atoms with E-state index in [0.717, 1.165) is 25.8 Å². The lowest BCUT2D eigenvalue weighted by molar-refractivity contribution is -0.139. The highest BCUT2D eigenvalue weighted by Gasteiger charge is 2.15. The fraction of sp³-hybridized carbons (Fsp3) is 0.952. The molecular formula is C21H44N2O2. The number of unbranched alkanes of at least 4 members (excludes halogenated alkanes) is 13. The number of carboxylic acids is 1. The van der Waals surface area contributed by atoms with Crippen LogP contribution in [0.15, 0.2) is 0 Å².